The van der Waals surface area contributed by atoms with E-state index in [0.29, 0.717) is 0 Å². The summed E-state index contributed by atoms with van der Waals surface area (Å²) in [4.78, 5) is 10.7. The molecule has 0 aliphatic carbocycles. The van der Waals surface area contributed by atoms with E-state index >= 15 is 0 Å². The van der Waals surface area contributed by atoms with Crippen LogP contribution in [0.25, 0.3) is 0 Å². The van der Waals surface area contributed by atoms with Crippen molar-refractivity contribution in [3.8, 4) is 5.75 Å². The van der Waals surface area contributed by atoms with E-state index < -0.39 is 24.5 Å². The van der Waals surface area contributed by atoms with E-state index in [1.54, 1.807) is 0 Å². The molecule has 0 aliphatic heterocycles. The summed E-state index contributed by atoms with van der Waals surface area (Å²) in [5.41, 5.74) is 5.42. The molecule has 0 amide bonds. The van der Waals surface area contributed by atoms with E-state index in [4.69, 9.17) is 15.6 Å². The molecule has 0 unspecified atom stereocenters. The summed E-state index contributed by atoms with van der Waals surface area (Å²) >= 11 is 0. The molecule has 3 N–H and O–H groups in total. The minimum absolute atomic E-state index is 0.0859. The first-order chi connectivity index (χ1) is 7.86. The number of hydrogen-bond acceptors (Lipinski definition) is 4. The smallest absolute Gasteiger partial charge is 0.308 e. The van der Waals surface area contributed by atoms with Crippen molar-refractivity contribution in [2.45, 2.75) is 18.9 Å². The standard InChI is InChI=1S/C11H13F2NO3/c1-7(16)17-9-4-2-3-8(5-9)10(14)11(12,13)6-15/h2-5,10,15H,6,14H2,1H3/t10-/m1/s1. The Labute approximate surface area is 97.0 Å². The molecule has 0 bridgehead atoms. The van der Waals surface area contributed by atoms with Crippen molar-refractivity contribution < 1.29 is 23.4 Å². The Morgan fingerprint density at radius 1 is 1.59 bits per heavy atom. The zero-order valence-corrected chi connectivity index (χ0v) is 9.19. The van der Waals surface area contributed by atoms with Gasteiger partial charge in [0, 0.05) is 6.92 Å². The number of carbonyl (C=O) groups excluding carboxylic acids is 1. The van der Waals surface area contributed by atoms with E-state index in [2.05, 4.69) is 0 Å². The highest BCUT2D eigenvalue weighted by atomic mass is 19.3. The second-order valence-electron chi connectivity index (χ2n) is 3.56. The van der Waals surface area contributed by atoms with E-state index in [1.807, 2.05) is 0 Å². The van der Waals surface area contributed by atoms with E-state index in [1.165, 1.54) is 31.2 Å². The molecule has 1 atom stereocenters. The van der Waals surface area contributed by atoms with Gasteiger partial charge in [0.15, 0.2) is 0 Å². The zero-order valence-electron chi connectivity index (χ0n) is 9.19. The van der Waals surface area contributed by atoms with Gasteiger partial charge < -0.3 is 15.6 Å². The first kappa shape index (κ1) is 13.5. The summed E-state index contributed by atoms with van der Waals surface area (Å²) in [6, 6.07) is 3.87. The topological polar surface area (TPSA) is 72.5 Å². The van der Waals surface area contributed by atoms with Crippen molar-refractivity contribution in [3.05, 3.63) is 29.8 Å². The Kier molecular flexibility index (Phi) is 4.14. The first-order valence-corrected chi connectivity index (χ1v) is 4.89. The average Bonchev–Trinajstić information content (AvgIpc) is 2.27. The average molecular weight is 245 g/mol. The minimum Gasteiger partial charge on any atom is -0.427 e. The van der Waals surface area contributed by atoms with Crippen LogP contribution in [0.15, 0.2) is 24.3 Å². The number of benzene rings is 1. The quantitative estimate of drug-likeness (QED) is 0.618. The number of aliphatic hydroxyl groups excluding tert-OH is 1. The van der Waals surface area contributed by atoms with Crippen molar-refractivity contribution >= 4 is 5.97 Å². The number of alkyl halides is 2. The Balaban J connectivity index is 2.95. The van der Waals surface area contributed by atoms with Gasteiger partial charge in [-0.25, -0.2) is 8.78 Å². The summed E-state index contributed by atoms with van der Waals surface area (Å²) in [6.45, 7) is -0.138. The molecule has 4 nitrogen and oxygen atoms in total. The molecule has 0 radical (unpaired) electrons. The Morgan fingerprint density at radius 2 is 2.24 bits per heavy atom. The van der Waals surface area contributed by atoms with E-state index in [9.17, 15) is 13.6 Å². The molecule has 0 saturated heterocycles. The van der Waals surface area contributed by atoms with Crippen LogP contribution in [0.4, 0.5) is 8.78 Å². The van der Waals surface area contributed by atoms with Crippen LogP contribution >= 0.6 is 0 Å². The number of rotatable bonds is 4. The monoisotopic (exact) mass is 245 g/mol. The maximum atomic E-state index is 13.1. The number of nitrogens with two attached hydrogens (primary N) is 1. The lowest BCUT2D eigenvalue weighted by Crippen LogP contribution is -2.36. The maximum Gasteiger partial charge on any atom is 0.308 e. The van der Waals surface area contributed by atoms with Crippen molar-refractivity contribution in [2.75, 3.05) is 6.61 Å². The molecule has 94 valence electrons. The van der Waals surface area contributed by atoms with Gasteiger partial charge in [0.2, 0.25) is 0 Å². The molecule has 1 aromatic carbocycles. The van der Waals surface area contributed by atoms with Crippen LogP contribution in [0, 0.1) is 0 Å². The van der Waals surface area contributed by atoms with Gasteiger partial charge in [-0.3, -0.25) is 4.79 Å². The Bertz CT molecular complexity index is 409. The number of aliphatic hydroxyl groups is 1. The highest BCUT2D eigenvalue weighted by molar-refractivity contribution is 5.69. The molecular weight excluding hydrogens is 232 g/mol. The molecule has 1 aromatic rings. The minimum atomic E-state index is -3.42. The predicted octanol–water partition coefficient (Wildman–Crippen LogP) is 1.24. The summed E-state index contributed by atoms with van der Waals surface area (Å²) < 4.78 is 31.0. The molecule has 17 heavy (non-hydrogen) atoms. The molecule has 6 heteroatoms. The van der Waals surface area contributed by atoms with E-state index in [0.717, 1.165) is 0 Å². The van der Waals surface area contributed by atoms with Crippen LogP contribution in [0.5, 0.6) is 5.75 Å². The number of halogens is 2. The highest BCUT2D eigenvalue weighted by Gasteiger charge is 2.37. The van der Waals surface area contributed by atoms with Crippen molar-refractivity contribution in [1.82, 2.24) is 0 Å². The Morgan fingerprint density at radius 3 is 2.76 bits per heavy atom. The van der Waals surface area contributed by atoms with Crippen LogP contribution in [0.1, 0.15) is 18.5 Å². The maximum absolute atomic E-state index is 13.1. The zero-order chi connectivity index (χ0) is 13.1. The highest BCUT2D eigenvalue weighted by Crippen LogP contribution is 2.30. The third kappa shape index (κ3) is 3.47. The molecule has 0 heterocycles. The second-order valence-corrected chi connectivity index (χ2v) is 3.56. The van der Waals surface area contributed by atoms with Crippen molar-refractivity contribution in [1.29, 1.82) is 0 Å². The lowest BCUT2D eigenvalue weighted by molar-refractivity contribution is -0.131. The lowest BCUT2D eigenvalue weighted by Gasteiger charge is -2.21. The van der Waals surface area contributed by atoms with Crippen molar-refractivity contribution in [3.63, 3.8) is 0 Å². The van der Waals surface area contributed by atoms with Gasteiger partial charge >= 0.3 is 5.97 Å². The molecule has 0 saturated carbocycles. The van der Waals surface area contributed by atoms with Gasteiger partial charge in [0.25, 0.3) is 5.92 Å². The van der Waals surface area contributed by atoms with Gasteiger partial charge in [0.05, 0.1) is 6.04 Å². The van der Waals surface area contributed by atoms with Crippen LogP contribution in [0.2, 0.25) is 0 Å². The van der Waals surface area contributed by atoms with Crippen LogP contribution in [-0.2, 0) is 4.79 Å². The summed E-state index contributed by atoms with van der Waals surface area (Å²) in [5, 5.41) is 8.53. The normalized spacial score (nSPS) is 13.2. The molecule has 0 spiro atoms. The summed E-state index contributed by atoms with van der Waals surface area (Å²) in [7, 11) is 0. The molecular formula is C11H13F2NO3. The second kappa shape index (κ2) is 5.20. The van der Waals surface area contributed by atoms with Gasteiger partial charge in [-0.15, -0.1) is 0 Å². The molecule has 0 aromatic heterocycles. The largest absolute Gasteiger partial charge is 0.427 e. The summed E-state index contributed by atoms with van der Waals surface area (Å²) in [5.74, 6) is -3.83. The van der Waals surface area contributed by atoms with Crippen LogP contribution in [0.3, 0.4) is 0 Å². The molecule has 0 aliphatic rings. The van der Waals surface area contributed by atoms with Gasteiger partial charge in [-0.05, 0) is 17.7 Å². The van der Waals surface area contributed by atoms with Gasteiger partial charge in [0.1, 0.15) is 12.4 Å². The molecule has 0 fully saturated rings. The number of esters is 1. The van der Waals surface area contributed by atoms with Crippen LogP contribution in [-0.4, -0.2) is 23.6 Å². The number of hydrogen-bond donors (Lipinski definition) is 2. The summed E-state index contributed by atoms with van der Waals surface area (Å²) in [6.07, 6.45) is 0. The third-order valence-corrected chi connectivity index (χ3v) is 2.14. The third-order valence-electron chi connectivity index (χ3n) is 2.14. The van der Waals surface area contributed by atoms with Crippen molar-refractivity contribution in [2.24, 2.45) is 5.73 Å². The fourth-order valence-electron chi connectivity index (χ4n) is 1.28. The number of ether oxygens (including phenoxy) is 1. The van der Waals surface area contributed by atoms with E-state index in [-0.39, 0.29) is 11.3 Å². The van der Waals surface area contributed by atoms with Gasteiger partial charge in [-0.2, -0.15) is 0 Å². The van der Waals surface area contributed by atoms with Crippen LogP contribution < -0.4 is 10.5 Å². The SMILES string of the molecule is CC(=O)Oc1cccc([C@@H](N)C(F)(F)CO)c1. The fourth-order valence-corrected chi connectivity index (χ4v) is 1.28. The molecule has 1 rings (SSSR count). The fraction of sp³-hybridized carbons (Fsp3) is 0.364. The van der Waals surface area contributed by atoms with Gasteiger partial charge in [-0.1, -0.05) is 12.1 Å². The number of carbonyl (C=O) groups is 1. The first-order valence-electron chi connectivity index (χ1n) is 4.89. The predicted molar refractivity (Wildman–Crippen MR) is 56.7 cm³/mol. The lowest BCUT2D eigenvalue weighted by atomic mass is 10.0. The Hall–Kier alpha value is -1.53.